The summed E-state index contributed by atoms with van der Waals surface area (Å²) in [6.07, 6.45) is 8.93. The number of hydrogen-bond acceptors (Lipinski definition) is 1. The van der Waals surface area contributed by atoms with Gasteiger partial charge >= 0.3 is 6.03 Å². The highest BCUT2D eigenvalue weighted by Gasteiger charge is 2.20. The maximum atomic E-state index is 11.7. The Balaban J connectivity index is 1.54. The quantitative estimate of drug-likeness (QED) is 0.710. The molecule has 1 aliphatic heterocycles. The predicted molar refractivity (Wildman–Crippen MR) is 60.8 cm³/mol. The van der Waals surface area contributed by atoms with E-state index in [9.17, 15) is 4.79 Å². The molecule has 1 saturated carbocycles. The number of nitrogens with one attached hydrogen (secondary N) is 1. The van der Waals surface area contributed by atoms with Crippen molar-refractivity contribution < 1.29 is 4.79 Å². The fourth-order valence-electron chi connectivity index (χ4n) is 2.20. The van der Waals surface area contributed by atoms with Gasteiger partial charge in [0, 0.05) is 19.6 Å². The SMILES string of the molecule is O=C(NCCCC1CC1)N1CCCCC1. The van der Waals surface area contributed by atoms with Gasteiger partial charge < -0.3 is 10.2 Å². The Morgan fingerprint density at radius 1 is 1.20 bits per heavy atom. The van der Waals surface area contributed by atoms with Crippen LogP contribution in [0.1, 0.15) is 44.9 Å². The molecular formula is C12H22N2O. The molecule has 2 aliphatic rings. The number of nitrogens with zero attached hydrogens (tertiary/aromatic N) is 1. The van der Waals surface area contributed by atoms with Crippen molar-refractivity contribution in [3.8, 4) is 0 Å². The third kappa shape index (κ3) is 3.73. The number of amides is 2. The summed E-state index contributed by atoms with van der Waals surface area (Å²) in [6, 6.07) is 0.158. The molecule has 0 radical (unpaired) electrons. The Labute approximate surface area is 92.2 Å². The molecular weight excluding hydrogens is 188 g/mol. The average molecular weight is 210 g/mol. The Morgan fingerprint density at radius 3 is 2.60 bits per heavy atom. The molecule has 2 amide bonds. The molecule has 1 heterocycles. The second-order valence-corrected chi connectivity index (χ2v) is 4.87. The number of hydrogen-bond donors (Lipinski definition) is 1. The number of urea groups is 1. The Kier molecular flexibility index (Phi) is 3.87. The van der Waals surface area contributed by atoms with E-state index in [-0.39, 0.29) is 6.03 Å². The highest BCUT2D eigenvalue weighted by Crippen LogP contribution is 2.33. The van der Waals surface area contributed by atoms with Gasteiger partial charge in [0.25, 0.3) is 0 Å². The van der Waals surface area contributed by atoms with Crippen LogP contribution in [-0.2, 0) is 0 Å². The van der Waals surface area contributed by atoms with Crippen LogP contribution in [0.15, 0.2) is 0 Å². The Bertz CT molecular complexity index is 208. The highest BCUT2D eigenvalue weighted by molar-refractivity contribution is 5.74. The van der Waals surface area contributed by atoms with Gasteiger partial charge in [0.05, 0.1) is 0 Å². The first-order valence-corrected chi connectivity index (χ1v) is 6.39. The first-order valence-electron chi connectivity index (χ1n) is 6.39. The van der Waals surface area contributed by atoms with Crippen molar-refractivity contribution in [3.05, 3.63) is 0 Å². The molecule has 15 heavy (non-hydrogen) atoms. The normalized spacial score (nSPS) is 21.5. The van der Waals surface area contributed by atoms with Gasteiger partial charge in [0.2, 0.25) is 0 Å². The number of rotatable bonds is 4. The van der Waals surface area contributed by atoms with Crippen molar-refractivity contribution in [3.63, 3.8) is 0 Å². The molecule has 0 aromatic heterocycles. The molecule has 3 heteroatoms. The van der Waals surface area contributed by atoms with Gasteiger partial charge in [-0.15, -0.1) is 0 Å². The summed E-state index contributed by atoms with van der Waals surface area (Å²) in [5.41, 5.74) is 0. The van der Waals surface area contributed by atoms with Gasteiger partial charge in [0.1, 0.15) is 0 Å². The van der Waals surface area contributed by atoms with E-state index in [0.717, 1.165) is 32.0 Å². The van der Waals surface area contributed by atoms with Gasteiger partial charge in [-0.1, -0.05) is 12.8 Å². The molecule has 3 nitrogen and oxygen atoms in total. The molecule has 0 atom stereocenters. The molecule has 0 aromatic rings. The van der Waals surface area contributed by atoms with Crippen molar-refractivity contribution in [1.29, 1.82) is 0 Å². The van der Waals surface area contributed by atoms with Gasteiger partial charge in [0.15, 0.2) is 0 Å². The Hall–Kier alpha value is -0.730. The largest absolute Gasteiger partial charge is 0.338 e. The molecule has 1 N–H and O–H groups in total. The van der Waals surface area contributed by atoms with Crippen LogP contribution in [0.25, 0.3) is 0 Å². The number of piperidine rings is 1. The Morgan fingerprint density at radius 2 is 1.93 bits per heavy atom. The van der Waals surface area contributed by atoms with Gasteiger partial charge in [-0.3, -0.25) is 0 Å². The van der Waals surface area contributed by atoms with Crippen LogP contribution in [0.5, 0.6) is 0 Å². The summed E-state index contributed by atoms with van der Waals surface area (Å²) in [7, 11) is 0. The van der Waals surface area contributed by atoms with Crippen molar-refractivity contribution in [1.82, 2.24) is 10.2 Å². The minimum absolute atomic E-state index is 0.158. The topological polar surface area (TPSA) is 32.3 Å². The van der Waals surface area contributed by atoms with Crippen LogP contribution in [0, 0.1) is 5.92 Å². The number of carbonyl (C=O) groups excluding carboxylic acids is 1. The smallest absolute Gasteiger partial charge is 0.317 e. The van der Waals surface area contributed by atoms with Gasteiger partial charge in [-0.05, 0) is 38.0 Å². The zero-order valence-corrected chi connectivity index (χ0v) is 9.50. The number of carbonyl (C=O) groups is 1. The molecule has 0 unspecified atom stereocenters. The van der Waals surface area contributed by atoms with Crippen LogP contribution < -0.4 is 5.32 Å². The summed E-state index contributed by atoms with van der Waals surface area (Å²) in [5, 5.41) is 3.02. The fourth-order valence-corrected chi connectivity index (χ4v) is 2.20. The molecule has 86 valence electrons. The maximum absolute atomic E-state index is 11.7. The standard InChI is InChI=1S/C12H22N2O/c15-12(14-9-2-1-3-10-14)13-8-4-5-11-6-7-11/h11H,1-10H2,(H,13,15). The van der Waals surface area contributed by atoms with Crippen LogP contribution in [0.2, 0.25) is 0 Å². The molecule has 2 rings (SSSR count). The summed E-state index contributed by atoms with van der Waals surface area (Å²) in [4.78, 5) is 13.6. The van der Waals surface area contributed by atoms with E-state index in [0.29, 0.717) is 0 Å². The summed E-state index contributed by atoms with van der Waals surface area (Å²) < 4.78 is 0. The lowest BCUT2D eigenvalue weighted by molar-refractivity contribution is 0.186. The highest BCUT2D eigenvalue weighted by atomic mass is 16.2. The van der Waals surface area contributed by atoms with Crippen molar-refractivity contribution >= 4 is 6.03 Å². The van der Waals surface area contributed by atoms with E-state index >= 15 is 0 Å². The van der Waals surface area contributed by atoms with Crippen LogP contribution >= 0.6 is 0 Å². The molecule has 0 spiro atoms. The fraction of sp³-hybridized carbons (Fsp3) is 0.917. The zero-order chi connectivity index (χ0) is 10.5. The second kappa shape index (κ2) is 5.38. The summed E-state index contributed by atoms with van der Waals surface area (Å²) in [5.74, 6) is 0.983. The molecule has 0 bridgehead atoms. The van der Waals surface area contributed by atoms with Gasteiger partial charge in [-0.25, -0.2) is 4.79 Å². The van der Waals surface area contributed by atoms with E-state index in [1.54, 1.807) is 0 Å². The monoisotopic (exact) mass is 210 g/mol. The zero-order valence-electron chi connectivity index (χ0n) is 9.50. The summed E-state index contributed by atoms with van der Waals surface area (Å²) in [6.45, 7) is 2.77. The number of likely N-dealkylation sites (tertiary alicyclic amines) is 1. The van der Waals surface area contributed by atoms with E-state index in [4.69, 9.17) is 0 Å². The maximum Gasteiger partial charge on any atom is 0.317 e. The van der Waals surface area contributed by atoms with Crippen molar-refractivity contribution in [2.75, 3.05) is 19.6 Å². The molecule has 1 saturated heterocycles. The third-order valence-electron chi connectivity index (χ3n) is 3.41. The first-order chi connectivity index (χ1) is 7.36. The van der Waals surface area contributed by atoms with E-state index in [2.05, 4.69) is 5.32 Å². The molecule has 1 aliphatic carbocycles. The van der Waals surface area contributed by atoms with Crippen LogP contribution in [-0.4, -0.2) is 30.6 Å². The minimum atomic E-state index is 0.158. The van der Waals surface area contributed by atoms with Crippen molar-refractivity contribution in [2.24, 2.45) is 5.92 Å². The lowest BCUT2D eigenvalue weighted by Gasteiger charge is -2.26. The van der Waals surface area contributed by atoms with E-state index in [1.165, 1.54) is 38.5 Å². The van der Waals surface area contributed by atoms with E-state index < -0.39 is 0 Å². The van der Waals surface area contributed by atoms with Crippen LogP contribution in [0.3, 0.4) is 0 Å². The predicted octanol–water partition coefficient (Wildman–Crippen LogP) is 2.37. The van der Waals surface area contributed by atoms with E-state index in [1.807, 2.05) is 4.90 Å². The minimum Gasteiger partial charge on any atom is -0.338 e. The van der Waals surface area contributed by atoms with Crippen LogP contribution in [0.4, 0.5) is 4.79 Å². The first kappa shape index (κ1) is 10.8. The lowest BCUT2D eigenvalue weighted by Crippen LogP contribution is -2.43. The third-order valence-corrected chi connectivity index (χ3v) is 3.41. The average Bonchev–Trinajstić information content (AvgIpc) is 3.09. The lowest BCUT2D eigenvalue weighted by atomic mass is 10.1. The summed E-state index contributed by atoms with van der Waals surface area (Å²) >= 11 is 0. The second-order valence-electron chi connectivity index (χ2n) is 4.87. The van der Waals surface area contributed by atoms with Crippen molar-refractivity contribution in [2.45, 2.75) is 44.9 Å². The van der Waals surface area contributed by atoms with Gasteiger partial charge in [-0.2, -0.15) is 0 Å². The molecule has 0 aromatic carbocycles. The molecule has 2 fully saturated rings.